The Balaban J connectivity index is 2.33. The number of nitrogens with one attached hydrogen (secondary N) is 1. The molecule has 0 atom stereocenters. The van der Waals surface area contributed by atoms with Gasteiger partial charge in [-0.3, -0.25) is 0 Å². The van der Waals surface area contributed by atoms with E-state index in [-0.39, 0.29) is 17.4 Å². The standard InChI is InChI=1S/C13H27NO2/c1-12(2,10-15)8-14-9-13(11-16)6-4-3-5-7-13/h14-16H,3-11H2,1-2H3. The third-order valence-corrected chi connectivity index (χ3v) is 3.78. The molecule has 0 saturated heterocycles. The quantitative estimate of drug-likeness (QED) is 0.647. The van der Waals surface area contributed by atoms with E-state index >= 15 is 0 Å². The molecule has 1 aliphatic rings. The van der Waals surface area contributed by atoms with Crippen molar-refractivity contribution in [3.8, 4) is 0 Å². The normalized spacial score (nSPS) is 21.0. The first-order valence-electron chi connectivity index (χ1n) is 6.46. The van der Waals surface area contributed by atoms with Crippen LogP contribution in [0.4, 0.5) is 0 Å². The molecule has 0 heterocycles. The molecule has 0 spiro atoms. The predicted molar refractivity (Wildman–Crippen MR) is 66.3 cm³/mol. The van der Waals surface area contributed by atoms with Crippen LogP contribution in [0.1, 0.15) is 46.0 Å². The first-order chi connectivity index (χ1) is 7.54. The zero-order chi connectivity index (χ0) is 12.1. The number of aliphatic hydroxyl groups excluding tert-OH is 2. The van der Waals surface area contributed by atoms with Crippen LogP contribution in [0, 0.1) is 10.8 Å². The monoisotopic (exact) mass is 229 g/mol. The van der Waals surface area contributed by atoms with Gasteiger partial charge >= 0.3 is 0 Å². The summed E-state index contributed by atoms with van der Waals surface area (Å²) in [4.78, 5) is 0. The fraction of sp³-hybridized carbons (Fsp3) is 1.00. The van der Waals surface area contributed by atoms with Crippen molar-refractivity contribution in [2.24, 2.45) is 10.8 Å². The van der Waals surface area contributed by atoms with Crippen LogP contribution >= 0.6 is 0 Å². The largest absolute Gasteiger partial charge is 0.396 e. The Labute approximate surface area is 99.3 Å². The van der Waals surface area contributed by atoms with Crippen molar-refractivity contribution in [2.45, 2.75) is 46.0 Å². The molecule has 3 heteroatoms. The summed E-state index contributed by atoms with van der Waals surface area (Å²) < 4.78 is 0. The van der Waals surface area contributed by atoms with Crippen molar-refractivity contribution < 1.29 is 10.2 Å². The molecule has 3 N–H and O–H groups in total. The highest BCUT2D eigenvalue weighted by Gasteiger charge is 2.31. The molecule has 0 bridgehead atoms. The Kier molecular flexibility index (Phi) is 5.22. The maximum atomic E-state index is 9.54. The summed E-state index contributed by atoms with van der Waals surface area (Å²) in [5.74, 6) is 0. The van der Waals surface area contributed by atoms with Crippen molar-refractivity contribution in [1.82, 2.24) is 5.32 Å². The Hall–Kier alpha value is -0.120. The van der Waals surface area contributed by atoms with Crippen molar-refractivity contribution in [2.75, 3.05) is 26.3 Å². The van der Waals surface area contributed by atoms with E-state index < -0.39 is 0 Å². The number of aliphatic hydroxyl groups is 2. The van der Waals surface area contributed by atoms with Crippen molar-refractivity contribution in [3.05, 3.63) is 0 Å². The van der Waals surface area contributed by atoms with Crippen LogP contribution in [-0.2, 0) is 0 Å². The Morgan fingerprint density at radius 1 is 1.12 bits per heavy atom. The fourth-order valence-electron chi connectivity index (χ4n) is 2.41. The SMILES string of the molecule is CC(C)(CO)CNCC1(CO)CCCCC1. The maximum Gasteiger partial charge on any atom is 0.0499 e. The summed E-state index contributed by atoms with van der Waals surface area (Å²) >= 11 is 0. The van der Waals surface area contributed by atoms with E-state index in [9.17, 15) is 5.11 Å². The summed E-state index contributed by atoms with van der Waals surface area (Å²) in [6.07, 6.45) is 6.06. The molecule has 0 amide bonds. The van der Waals surface area contributed by atoms with Crippen molar-refractivity contribution in [1.29, 1.82) is 0 Å². The van der Waals surface area contributed by atoms with E-state index in [1.807, 2.05) is 13.8 Å². The average molecular weight is 229 g/mol. The van der Waals surface area contributed by atoms with Gasteiger partial charge in [0.15, 0.2) is 0 Å². The van der Waals surface area contributed by atoms with Crippen molar-refractivity contribution in [3.63, 3.8) is 0 Å². The summed E-state index contributed by atoms with van der Waals surface area (Å²) in [5, 5.41) is 22.1. The lowest BCUT2D eigenvalue weighted by Gasteiger charge is -2.37. The van der Waals surface area contributed by atoms with Crippen LogP contribution in [-0.4, -0.2) is 36.5 Å². The van der Waals surface area contributed by atoms with Crippen molar-refractivity contribution >= 4 is 0 Å². The molecular weight excluding hydrogens is 202 g/mol. The van der Waals surface area contributed by atoms with E-state index in [4.69, 9.17) is 5.11 Å². The first kappa shape index (κ1) is 13.9. The molecule has 0 unspecified atom stereocenters. The zero-order valence-corrected chi connectivity index (χ0v) is 10.8. The lowest BCUT2D eigenvalue weighted by atomic mass is 9.74. The molecule has 3 nitrogen and oxygen atoms in total. The number of rotatable bonds is 6. The second-order valence-electron chi connectivity index (χ2n) is 6.14. The molecular formula is C13H27NO2. The third-order valence-electron chi connectivity index (χ3n) is 3.78. The Morgan fingerprint density at radius 2 is 1.75 bits per heavy atom. The second kappa shape index (κ2) is 5.99. The van der Waals surface area contributed by atoms with E-state index in [2.05, 4.69) is 5.32 Å². The van der Waals surface area contributed by atoms with Gasteiger partial charge in [0.2, 0.25) is 0 Å². The molecule has 1 saturated carbocycles. The zero-order valence-electron chi connectivity index (χ0n) is 10.8. The van der Waals surface area contributed by atoms with Crippen LogP contribution in [0.2, 0.25) is 0 Å². The number of hydrogen-bond acceptors (Lipinski definition) is 3. The lowest BCUT2D eigenvalue weighted by molar-refractivity contribution is 0.0747. The summed E-state index contributed by atoms with van der Waals surface area (Å²) in [6.45, 7) is 6.28. The second-order valence-corrected chi connectivity index (χ2v) is 6.14. The minimum absolute atomic E-state index is 0.0642. The molecule has 0 aromatic rings. The summed E-state index contributed by atoms with van der Waals surface area (Å²) in [6, 6.07) is 0. The van der Waals surface area contributed by atoms with Gasteiger partial charge in [0.1, 0.15) is 0 Å². The molecule has 16 heavy (non-hydrogen) atoms. The minimum atomic E-state index is -0.0642. The van der Waals surface area contributed by atoms with Gasteiger partial charge in [-0.1, -0.05) is 33.1 Å². The van der Waals surface area contributed by atoms with Gasteiger partial charge in [0, 0.05) is 37.1 Å². The molecule has 1 aliphatic carbocycles. The average Bonchev–Trinajstić information content (AvgIpc) is 2.30. The molecule has 96 valence electrons. The summed E-state index contributed by atoms with van der Waals surface area (Å²) in [7, 11) is 0. The molecule has 0 aromatic carbocycles. The Bertz CT molecular complexity index is 198. The van der Waals surface area contributed by atoms with E-state index in [1.54, 1.807) is 0 Å². The van der Waals surface area contributed by atoms with Gasteiger partial charge in [0.25, 0.3) is 0 Å². The molecule has 0 radical (unpaired) electrons. The van der Waals surface area contributed by atoms with Gasteiger partial charge in [-0.25, -0.2) is 0 Å². The highest BCUT2D eigenvalue weighted by Crippen LogP contribution is 2.35. The molecule has 0 aliphatic heterocycles. The van der Waals surface area contributed by atoms with Crippen LogP contribution in [0.15, 0.2) is 0 Å². The van der Waals surface area contributed by atoms with Crippen LogP contribution in [0.3, 0.4) is 0 Å². The number of hydrogen-bond donors (Lipinski definition) is 3. The highest BCUT2D eigenvalue weighted by molar-refractivity contribution is 4.85. The topological polar surface area (TPSA) is 52.5 Å². The van der Waals surface area contributed by atoms with Crippen LogP contribution in [0.25, 0.3) is 0 Å². The maximum absolute atomic E-state index is 9.54. The molecule has 0 aromatic heterocycles. The smallest absolute Gasteiger partial charge is 0.0499 e. The van der Waals surface area contributed by atoms with Gasteiger partial charge in [0.05, 0.1) is 0 Å². The minimum Gasteiger partial charge on any atom is -0.396 e. The lowest BCUT2D eigenvalue weighted by Crippen LogP contribution is -2.42. The molecule has 1 rings (SSSR count). The Morgan fingerprint density at radius 3 is 2.25 bits per heavy atom. The van der Waals surface area contributed by atoms with E-state index in [0.717, 1.165) is 25.9 Å². The van der Waals surface area contributed by atoms with Gasteiger partial charge in [-0.15, -0.1) is 0 Å². The van der Waals surface area contributed by atoms with Gasteiger partial charge in [-0.2, -0.15) is 0 Å². The van der Waals surface area contributed by atoms with E-state index in [0.29, 0.717) is 6.61 Å². The fourth-order valence-corrected chi connectivity index (χ4v) is 2.41. The van der Waals surface area contributed by atoms with E-state index in [1.165, 1.54) is 19.3 Å². The van der Waals surface area contributed by atoms with Gasteiger partial charge in [-0.05, 0) is 12.8 Å². The highest BCUT2D eigenvalue weighted by atomic mass is 16.3. The summed E-state index contributed by atoms with van der Waals surface area (Å²) in [5.41, 5.74) is 0.0368. The predicted octanol–water partition coefficient (Wildman–Crippen LogP) is 1.54. The first-order valence-corrected chi connectivity index (χ1v) is 6.46. The molecule has 1 fully saturated rings. The van der Waals surface area contributed by atoms with Crippen LogP contribution in [0.5, 0.6) is 0 Å². The van der Waals surface area contributed by atoms with Crippen LogP contribution < -0.4 is 5.32 Å². The third kappa shape index (κ3) is 4.04. The van der Waals surface area contributed by atoms with Gasteiger partial charge < -0.3 is 15.5 Å².